The van der Waals surface area contributed by atoms with Gasteiger partial charge in [-0.25, -0.2) is 4.28 Å². The molecule has 0 aliphatic heterocycles. The van der Waals surface area contributed by atoms with Gasteiger partial charge in [0.15, 0.2) is 0 Å². The quantitative estimate of drug-likeness (QED) is 0.369. The Labute approximate surface area is 138 Å². The van der Waals surface area contributed by atoms with Crippen molar-refractivity contribution in [2.24, 2.45) is 0 Å². The Bertz CT molecular complexity index is 763. The van der Waals surface area contributed by atoms with E-state index in [1.54, 1.807) is 0 Å². The summed E-state index contributed by atoms with van der Waals surface area (Å²) in [6, 6.07) is 9.74. The second-order valence-electron chi connectivity index (χ2n) is 4.80. The molecule has 0 fully saturated rings. The van der Waals surface area contributed by atoms with Gasteiger partial charge in [-0.1, -0.05) is 40.3 Å². The lowest BCUT2D eigenvalue weighted by molar-refractivity contribution is -0.836. The van der Waals surface area contributed by atoms with Crippen molar-refractivity contribution in [2.45, 2.75) is 19.4 Å². The Morgan fingerprint density at radius 3 is 2.29 bits per heavy atom. The molecule has 1 aromatic heterocycles. The van der Waals surface area contributed by atoms with Crippen LogP contribution in [0.15, 0.2) is 30.3 Å². The van der Waals surface area contributed by atoms with Gasteiger partial charge >= 0.3 is 28.2 Å². The number of nitrogen functional groups attached to an aromatic ring is 2. The normalized spacial score (nSPS) is 12.1. The zero-order chi connectivity index (χ0) is 17.0. The van der Waals surface area contributed by atoms with E-state index in [1.165, 1.54) is 0 Å². The van der Waals surface area contributed by atoms with Crippen molar-refractivity contribution in [2.75, 3.05) is 16.8 Å². The summed E-state index contributed by atoms with van der Waals surface area (Å²) in [4.78, 5) is 7.68. The van der Waals surface area contributed by atoms with Gasteiger partial charge in [0.05, 0.1) is 0 Å². The first-order chi connectivity index (χ1) is 10.7. The van der Waals surface area contributed by atoms with Gasteiger partial charge in [-0.15, -0.1) is 0 Å². The second-order valence-corrected chi connectivity index (χ2v) is 5.80. The molecule has 0 aliphatic rings. The molecule has 132 valence electrons. The van der Waals surface area contributed by atoms with Crippen molar-refractivity contribution < 1.29 is 27.5 Å². The van der Waals surface area contributed by atoms with E-state index in [-0.39, 0.29) is 29.4 Å². The monoisotopic (exact) mass is 358 g/mol. The highest BCUT2D eigenvalue weighted by Gasteiger charge is 2.22. The van der Waals surface area contributed by atoms with Crippen LogP contribution in [-0.2, 0) is 16.8 Å². The largest absolute Gasteiger partial charge is 0.870 e. The minimum atomic E-state index is -4.80. The molecular formula is C12H18N6O5S. The first-order valence-corrected chi connectivity index (χ1v) is 7.94. The molecular weight excluding hydrogens is 340 g/mol. The van der Waals surface area contributed by atoms with Gasteiger partial charge in [0.1, 0.15) is 0 Å². The van der Waals surface area contributed by atoms with Crippen molar-refractivity contribution in [3.8, 4) is 0 Å². The molecule has 1 aromatic carbocycles. The predicted molar refractivity (Wildman–Crippen MR) is 84.3 cm³/mol. The van der Waals surface area contributed by atoms with E-state index >= 15 is 0 Å². The van der Waals surface area contributed by atoms with Gasteiger partial charge in [-0.05, 0) is 23.6 Å². The van der Waals surface area contributed by atoms with Crippen LogP contribution in [0, 0.1) is 0 Å². The van der Waals surface area contributed by atoms with Crippen LogP contribution in [0.25, 0.3) is 0 Å². The fourth-order valence-corrected chi connectivity index (χ4v) is 2.27. The molecule has 0 spiro atoms. The summed E-state index contributed by atoms with van der Waals surface area (Å²) in [5.41, 5.74) is 12.2. The molecule has 1 heterocycles. The van der Waals surface area contributed by atoms with Crippen LogP contribution in [0.5, 0.6) is 0 Å². The number of anilines is 3. The average molecular weight is 358 g/mol. The SMILES string of the molecule is CC(Cc1ccccc1)Nc1nc(N)[n+](OS(=O)(=O)O)c(N)n1.[OH-]. The topological polar surface area (TPSA) is 187 Å². The Kier molecular flexibility index (Phi) is 6.22. The van der Waals surface area contributed by atoms with Crippen molar-refractivity contribution in [3.05, 3.63) is 35.9 Å². The van der Waals surface area contributed by atoms with E-state index in [0.717, 1.165) is 5.56 Å². The molecule has 24 heavy (non-hydrogen) atoms. The first kappa shape index (κ1) is 19.3. The van der Waals surface area contributed by atoms with E-state index in [1.807, 2.05) is 37.3 Å². The molecule has 0 amide bonds. The van der Waals surface area contributed by atoms with Gasteiger partial charge in [0.2, 0.25) is 0 Å². The van der Waals surface area contributed by atoms with E-state index in [2.05, 4.69) is 19.6 Å². The van der Waals surface area contributed by atoms with Crippen LogP contribution in [-0.4, -0.2) is 34.5 Å². The highest BCUT2D eigenvalue weighted by molar-refractivity contribution is 7.80. The molecule has 2 aromatic rings. The minimum Gasteiger partial charge on any atom is -0.870 e. The standard InChI is InChI=1S/C12H16N6O4S.H2O/c1-8(7-9-5-3-2-4-6-9)15-12-16-10(13)18(11(14)17-12)22-23(19,20)21;/h2-6,8H,7H2,1H3,(H5,13,14,15,16,17,19,20,21);1H2. The van der Waals surface area contributed by atoms with E-state index in [9.17, 15) is 8.42 Å². The second kappa shape index (κ2) is 7.72. The number of nitrogens with one attached hydrogen (secondary N) is 1. The number of rotatable bonds is 6. The summed E-state index contributed by atoms with van der Waals surface area (Å²) >= 11 is 0. The third-order valence-corrected chi connectivity index (χ3v) is 3.12. The van der Waals surface area contributed by atoms with Gasteiger partial charge in [-0.2, -0.15) is 8.42 Å². The molecule has 1 atom stereocenters. The number of benzene rings is 1. The minimum absolute atomic E-state index is 0. The van der Waals surface area contributed by atoms with Crippen LogP contribution < -0.4 is 25.8 Å². The van der Waals surface area contributed by atoms with E-state index in [0.29, 0.717) is 11.2 Å². The lowest BCUT2D eigenvalue weighted by Crippen LogP contribution is -2.51. The summed E-state index contributed by atoms with van der Waals surface area (Å²) in [6.45, 7) is 1.92. The smallest absolute Gasteiger partial charge is 0.472 e. The number of nitrogens with zero attached hydrogens (tertiary/aromatic N) is 3. The van der Waals surface area contributed by atoms with Crippen LogP contribution >= 0.6 is 0 Å². The molecule has 0 saturated heterocycles. The molecule has 0 radical (unpaired) electrons. The number of hydrogen-bond donors (Lipinski definition) is 4. The average Bonchev–Trinajstić information content (AvgIpc) is 2.43. The fraction of sp³-hybridized carbons (Fsp3) is 0.250. The Morgan fingerprint density at radius 2 is 1.79 bits per heavy atom. The number of aromatic nitrogens is 3. The zero-order valence-corrected chi connectivity index (χ0v) is 13.5. The Hall–Kier alpha value is -2.70. The van der Waals surface area contributed by atoms with Crippen LogP contribution in [0.3, 0.4) is 0 Å². The van der Waals surface area contributed by atoms with Gasteiger partial charge < -0.3 is 22.3 Å². The first-order valence-electron chi connectivity index (χ1n) is 6.57. The molecule has 0 aliphatic carbocycles. The maximum absolute atomic E-state index is 10.7. The lowest BCUT2D eigenvalue weighted by Gasteiger charge is -2.12. The Morgan fingerprint density at radius 1 is 1.25 bits per heavy atom. The highest BCUT2D eigenvalue weighted by atomic mass is 32.3. The van der Waals surface area contributed by atoms with Crippen molar-refractivity contribution in [1.82, 2.24) is 9.97 Å². The van der Waals surface area contributed by atoms with Crippen molar-refractivity contribution >= 4 is 28.2 Å². The molecule has 2 rings (SSSR count). The maximum Gasteiger partial charge on any atom is 0.472 e. The molecule has 12 heteroatoms. The van der Waals surface area contributed by atoms with Crippen LogP contribution in [0.4, 0.5) is 17.8 Å². The molecule has 7 N–H and O–H groups in total. The van der Waals surface area contributed by atoms with E-state index < -0.39 is 10.4 Å². The van der Waals surface area contributed by atoms with Crippen molar-refractivity contribution in [3.63, 3.8) is 0 Å². The fourth-order valence-electron chi connectivity index (χ4n) is 1.92. The predicted octanol–water partition coefficient (Wildman–Crippen LogP) is -0.974. The van der Waals surface area contributed by atoms with Gasteiger partial charge in [-0.3, -0.25) is 4.55 Å². The Balaban J connectivity index is 0.00000288. The van der Waals surface area contributed by atoms with Gasteiger partial charge in [0.25, 0.3) is 0 Å². The summed E-state index contributed by atoms with van der Waals surface area (Å²) in [5.74, 6) is -0.660. The zero-order valence-electron chi connectivity index (χ0n) is 12.7. The lowest BCUT2D eigenvalue weighted by atomic mass is 10.1. The van der Waals surface area contributed by atoms with Crippen LogP contribution in [0.1, 0.15) is 12.5 Å². The van der Waals surface area contributed by atoms with Crippen molar-refractivity contribution in [1.29, 1.82) is 0 Å². The third kappa shape index (κ3) is 5.49. The third-order valence-electron chi connectivity index (χ3n) is 2.79. The molecule has 0 bridgehead atoms. The highest BCUT2D eigenvalue weighted by Crippen LogP contribution is 2.08. The summed E-state index contributed by atoms with van der Waals surface area (Å²) in [7, 11) is -4.80. The summed E-state index contributed by atoms with van der Waals surface area (Å²) in [6.07, 6.45) is 0.709. The summed E-state index contributed by atoms with van der Waals surface area (Å²) < 4.78 is 34.6. The molecule has 1 unspecified atom stereocenters. The summed E-state index contributed by atoms with van der Waals surface area (Å²) in [5, 5.41) is 3.00. The van der Waals surface area contributed by atoms with Gasteiger partial charge in [0, 0.05) is 6.04 Å². The van der Waals surface area contributed by atoms with Crippen LogP contribution in [0.2, 0.25) is 0 Å². The number of hydrogen-bond acceptors (Lipinski definition) is 9. The molecule has 0 saturated carbocycles. The molecule has 11 nitrogen and oxygen atoms in total. The number of nitrogens with two attached hydrogens (primary N) is 2. The maximum atomic E-state index is 10.7. The van der Waals surface area contributed by atoms with E-state index in [4.69, 9.17) is 16.0 Å².